The summed E-state index contributed by atoms with van der Waals surface area (Å²) >= 11 is 0. The van der Waals surface area contributed by atoms with Crippen LogP contribution in [0.2, 0.25) is 0 Å². The second-order valence-corrected chi connectivity index (χ2v) is 7.18. The number of hydrogen-bond acceptors (Lipinski definition) is 3. The number of carbonyl (C=O) groups is 1. The summed E-state index contributed by atoms with van der Waals surface area (Å²) in [6.45, 7) is 3.72. The Morgan fingerprint density at radius 2 is 1.76 bits per heavy atom. The van der Waals surface area contributed by atoms with Crippen molar-refractivity contribution in [2.45, 2.75) is 25.8 Å². The van der Waals surface area contributed by atoms with E-state index in [1.807, 2.05) is 42.5 Å². The lowest BCUT2D eigenvalue weighted by atomic mass is 9.98. The predicted octanol–water partition coefficient (Wildman–Crippen LogP) is 3.01. The number of benzene rings is 2. The number of amides is 1. The first-order valence-electron chi connectivity index (χ1n) is 9.89. The summed E-state index contributed by atoms with van der Waals surface area (Å²) in [5, 5.41) is 6.48. The van der Waals surface area contributed by atoms with E-state index in [1.54, 1.807) is 26.1 Å². The molecule has 0 fully saturated rings. The second kappa shape index (κ2) is 11.7. The topological polar surface area (TPSA) is 66.0 Å². The van der Waals surface area contributed by atoms with E-state index in [9.17, 15) is 4.79 Å². The van der Waals surface area contributed by atoms with Crippen molar-refractivity contribution in [1.29, 1.82) is 0 Å². The van der Waals surface area contributed by atoms with Gasteiger partial charge < -0.3 is 20.3 Å². The number of guanidine groups is 1. The Bertz CT molecular complexity index is 773. The summed E-state index contributed by atoms with van der Waals surface area (Å²) in [4.78, 5) is 18.1. The van der Waals surface area contributed by atoms with E-state index in [-0.39, 0.29) is 12.5 Å². The molecule has 156 valence electrons. The summed E-state index contributed by atoms with van der Waals surface area (Å²) in [5.74, 6) is 1.91. The Kier molecular flexibility index (Phi) is 9.02. The van der Waals surface area contributed by atoms with Gasteiger partial charge in [-0.05, 0) is 35.6 Å². The van der Waals surface area contributed by atoms with Gasteiger partial charge in [0.25, 0.3) is 0 Å². The number of nitrogens with zero attached hydrogens (tertiary/aromatic N) is 2. The lowest BCUT2D eigenvalue weighted by Crippen LogP contribution is -2.43. The highest BCUT2D eigenvalue weighted by atomic mass is 16.5. The van der Waals surface area contributed by atoms with Gasteiger partial charge in [0, 0.05) is 20.6 Å². The molecule has 0 bridgehead atoms. The van der Waals surface area contributed by atoms with Gasteiger partial charge in [0.15, 0.2) is 5.96 Å². The Morgan fingerprint density at radius 1 is 1.07 bits per heavy atom. The SMILES string of the molecule is COc1ccc(C(C)CCNC(=NCc2ccccc2)NCC(=O)N(C)C)cc1. The fourth-order valence-corrected chi connectivity index (χ4v) is 2.75. The molecule has 0 aromatic heterocycles. The van der Waals surface area contributed by atoms with E-state index in [1.165, 1.54) is 5.56 Å². The molecule has 2 aromatic rings. The van der Waals surface area contributed by atoms with E-state index in [0.29, 0.717) is 18.4 Å². The minimum atomic E-state index is 0.00538. The van der Waals surface area contributed by atoms with E-state index in [2.05, 4.69) is 34.7 Å². The molecule has 2 aromatic carbocycles. The minimum Gasteiger partial charge on any atom is -0.497 e. The molecule has 0 heterocycles. The molecule has 0 spiro atoms. The third kappa shape index (κ3) is 7.86. The number of aliphatic imine (C=N–C) groups is 1. The van der Waals surface area contributed by atoms with Crippen molar-refractivity contribution in [3.63, 3.8) is 0 Å². The largest absolute Gasteiger partial charge is 0.497 e. The van der Waals surface area contributed by atoms with Crippen LogP contribution in [-0.2, 0) is 11.3 Å². The van der Waals surface area contributed by atoms with Gasteiger partial charge in [-0.3, -0.25) is 4.79 Å². The first-order chi connectivity index (χ1) is 14.0. The molecule has 1 unspecified atom stereocenters. The van der Waals surface area contributed by atoms with Gasteiger partial charge >= 0.3 is 0 Å². The fourth-order valence-electron chi connectivity index (χ4n) is 2.75. The highest BCUT2D eigenvalue weighted by molar-refractivity contribution is 5.86. The van der Waals surface area contributed by atoms with Gasteiger partial charge in [-0.15, -0.1) is 0 Å². The predicted molar refractivity (Wildman–Crippen MR) is 118 cm³/mol. The Morgan fingerprint density at radius 3 is 2.38 bits per heavy atom. The highest BCUT2D eigenvalue weighted by Crippen LogP contribution is 2.21. The molecule has 2 N–H and O–H groups in total. The third-order valence-electron chi connectivity index (χ3n) is 4.72. The third-order valence-corrected chi connectivity index (χ3v) is 4.72. The maximum absolute atomic E-state index is 11.9. The smallest absolute Gasteiger partial charge is 0.241 e. The van der Waals surface area contributed by atoms with Crippen LogP contribution in [0.1, 0.15) is 30.4 Å². The van der Waals surface area contributed by atoms with Crippen LogP contribution < -0.4 is 15.4 Å². The average molecular weight is 397 g/mol. The quantitative estimate of drug-likeness (QED) is 0.505. The summed E-state index contributed by atoms with van der Waals surface area (Å²) in [7, 11) is 5.16. The molecular weight excluding hydrogens is 364 g/mol. The van der Waals surface area contributed by atoms with Gasteiger partial charge in [-0.1, -0.05) is 49.4 Å². The summed E-state index contributed by atoms with van der Waals surface area (Å²) in [5.41, 5.74) is 2.39. The molecule has 29 heavy (non-hydrogen) atoms. The van der Waals surface area contributed by atoms with Crippen LogP contribution in [-0.4, -0.2) is 51.1 Å². The van der Waals surface area contributed by atoms with Gasteiger partial charge in [0.2, 0.25) is 5.91 Å². The van der Waals surface area contributed by atoms with Crippen molar-refractivity contribution in [1.82, 2.24) is 15.5 Å². The minimum absolute atomic E-state index is 0.00538. The van der Waals surface area contributed by atoms with Crippen LogP contribution in [0.3, 0.4) is 0 Å². The van der Waals surface area contributed by atoms with Crippen LogP contribution in [0.5, 0.6) is 5.75 Å². The zero-order valence-electron chi connectivity index (χ0n) is 17.8. The molecule has 6 nitrogen and oxygen atoms in total. The number of nitrogens with one attached hydrogen (secondary N) is 2. The maximum atomic E-state index is 11.9. The van der Waals surface area contributed by atoms with Crippen molar-refractivity contribution >= 4 is 11.9 Å². The Balaban J connectivity index is 1.91. The molecule has 0 aliphatic rings. The average Bonchev–Trinajstić information content (AvgIpc) is 2.75. The Hall–Kier alpha value is -3.02. The van der Waals surface area contributed by atoms with Crippen molar-refractivity contribution < 1.29 is 9.53 Å². The summed E-state index contributed by atoms with van der Waals surface area (Å²) < 4.78 is 5.22. The first kappa shape index (κ1) is 22.3. The molecule has 2 rings (SSSR count). The number of ether oxygens (including phenoxy) is 1. The number of rotatable bonds is 9. The lowest BCUT2D eigenvalue weighted by Gasteiger charge is -2.17. The molecule has 0 radical (unpaired) electrons. The lowest BCUT2D eigenvalue weighted by molar-refractivity contribution is -0.127. The van der Waals surface area contributed by atoms with Crippen LogP contribution in [0, 0.1) is 0 Å². The van der Waals surface area contributed by atoms with E-state index in [0.717, 1.165) is 24.3 Å². The van der Waals surface area contributed by atoms with Crippen LogP contribution in [0.25, 0.3) is 0 Å². The van der Waals surface area contributed by atoms with Crippen molar-refractivity contribution in [2.24, 2.45) is 4.99 Å². The molecule has 0 saturated carbocycles. The molecule has 1 amide bonds. The number of likely N-dealkylation sites (N-methyl/N-ethyl adjacent to an activating group) is 1. The van der Waals surface area contributed by atoms with Crippen LogP contribution in [0.4, 0.5) is 0 Å². The van der Waals surface area contributed by atoms with Gasteiger partial charge in [-0.25, -0.2) is 4.99 Å². The van der Waals surface area contributed by atoms with E-state index >= 15 is 0 Å². The normalized spacial score (nSPS) is 12.2. The standard InChI is InChI=1S/C23H32N4O2/c1-18(20-10-12-21(29-4)13-11-20)14-15-24-23(26-17-22(28)27(2)3)25-16-19-8-6-5-7-9-19/h5-13,18H,14-17H2,1-4H3,(H2,24,25,26). The highest BCUT2D eigenvalue weighted by Gasteiger charge is 2.08. The van der Waals surface area contributed by atoms with Gasteiger partial charge in [0.1, 0.15) is 5.75 Å². The van der Waals surface area contributed by atoms with Crippen molar-refractivity contribution in [3.05, 3.63) is 65.7 Å². The maximum Gasteiger partial charge on any atom is 0.241 e. The molecular formula is C23H32N4O2. The zero-order chi connectivity index (χ0) is 21.1. The van der Waals surface area contributed by atoms with E-state index in [4.69, 9.17) is 4.74 Å². The molecule has 6 heteroatoms. The second-order valence-electron chi connectivity index (χ2n) is 7.18. The Labute approximate surface area is 174 Å². The monoisotopic (exact) mass is 396 g/mol. The van der Waals surface area contributed by atoms with Crippen LogP contribution >= 0.6 is 0 Å². The summed E-state index contributed by atoms with van der Waals surface area (Å²) in [6, 6.07) is 18.2. The molecule has 1 atom stereocenters. The first-order valence-corrected chi connectivity index (χ1v) is 9.89. The van der Waals surface area contributed by atoms with Crippen LogP contribution in [0.15, 0.2) is 59.6 Å². The number of methoxy groups -OCH3 is 1. The van der Waals surface area contributed by atoms with Gasteiger partial charge in [0.05, 0.1) is 20.2 Å². The van der Waals surface area contributed by atoms with Gasteiger partial charge in [-0.2, -0.15) is 0 Å². The van der Waals surface area contributed by atoms with E-state index < -0.39 is 0 Å². The fraction of sp³-hybridized carbons (Fsp3) is 0.391. The number of carbonyl (C=O) groups excluding carboxylic acids is 1. The van der Waals surface area contributed by atoms with Crippen molar-refractivity contribution in [3.8, 4) is 5.75 Å². The molecule has 0 aliphatic carbocycles. The van der Waals surface area contributed by atoms with Crippen molar-refractivity contribution in [2.75, 3.05) is 34.3 Å². The molecule has 0 saturated heterocycles. The zero-order valence-corrected chi connectivity index (χ0v) is 17.8. The summed E-state index contributed by atoms with van der Waals surface area (Å²) in [6.07, 6.45) is 0.944. The molecule has 0 aliphatic heterocycles. The number of hydrogen-bond donors (Lipinski definition) is 2.